The highest BCUT2D eigenvalue weighted by Gasteiger charge is 2.29. The Hall–Kier alpha value is -0.810. The molecule has 2 atom stereocenters. The van der Waals surface area contributed by atoms with Crippen LogP contribution < -0.4 is 5.73 Å². The van der Waals surface area contributed by atoms with Gasteiger partial charge in [-0.05, 0) is 57.7 Å². The molecule has 0 spiro atoms. The average molecular weight is 390 g/mol. The molecule has 144 valence electrons. The quantitative estimate of drug-likeness (QED) is 0.813. The molecule has 4 nitrogen and oxygen atoms in total. The van der Waals surface area contributed by atoms with Gasteiger partial charge in [0.2, 0.25) is 5.91 Å². The van der Waals surface area contributed by atoms with Crippen LogP contribution in [0.25, 0.3) is 0 Å². The number of carbonyl (C=O) groups excluding carboxylic acids is 1. The highest BCUT2D eigenvalue weighted by molar-refractivity contribution is 5.85. The number of likely N-dealkylation sites (tertiary alicyclic amines) is 1. The topological polar surface area (TPSA) is 49.6 Å². The summed E-state index contributed by atoms with van der Waals surface area (Å²) < 4.78 is 0. The molecule has 0 aromatic heterocycles. The molecule has 6 heteroatoms. The van der Waals surface area contributed by atoms with Crippen molar-refractivity contribution in [1.82, 2.24) is 9.80 Å². The van der Waals surface area contributed by atoms with E-state index in [4.69, 9.17) is 5.73 Å². The molecule has 1 aromatic carbocycles. The standard InChI is InChI=1S/C19H31N3O.2ClH/c1-15(14-20)21(3)19(23)16(2)22-11-9-18(10-12-22)13-17-7-5-4-6-8-17;;/h4-8,15-16,18H,9-14,20H2,1-3H3;2*1H. The van der Waals surface area contributed by atoms with Gasteiger partial charge in [0.1, 0.15) is 0 Å². The van der Waals surface area contributed by atoms with Gasteiger partial charge >= 0.3 is 0 Å². The maximum absolute atomic E-state index is 12.5. The van der Waals surface area contributed by atoms with E-state index in [1.165, 1.54) is 18.4 Å². The molecular formula is C19H33Cl2N3O. The fraction of sp³-hybridized carbons (Fsp3) is 0.632. The molecule has 1 aromatic rings. The molecule has 1 amide bonds. The molecule has 2 rings (SSSR count). The minimum absolute atomic E-state index is 0. The van der Waals surface area contributed by atoms with Crippen molar-refractivity contribution < 1.29 is 4.79 Å². The van der Waals surface area contributed by atoms with Crippen molar-refractivity contribution in [3.63, 3.8) is 0 Å². The number of amides is 1. The van der Waals surface area contributed by atoms with E-state index in [1.54, 1.807) is 4.90 Å². The third-order valence-electron chi connectivity index (χ3n) is 5.27. The molecule has 0 radical (unpaired) electrons. The predicted molar refractivity (Wildman–Crippen MR) is 110 cm³/mol. The summed E-state index contributed by atoms with van der Waals surface area (Å²) in [6, 6.07) is 10.8. The fourth-order valence-electron chi connectivity index (χ4n) is 3.32. The number of halogens is 2. The largest absolute Gasteiger partial charge is 0.340 e. The minimum atomic E-state index is -0.0494. The van der Waals surface area contributed by atoms with Gasteiger partial charge in [0.15, 0.2) is 0 Å². The van der Waals surface area contributed by atoms with Crippen molar-refractivity contribution in [1.29, 1.82) is 0 Å². The average Bonchev–Trinajstić information content (AvgIpc) is 2.60. The van der Waals surface area contributed by atoms with Crippen LogP contribution in [0.3, 0.4) is 0 Å². The molecule has 1 heterocycles. The van der Waals surface area contributed by atoms with Crippen LogP contribution in [0.1, 0.15) is 32.3 Å². The molecule has 1 aliphatic rings. The first-order valence-electron chi connectivity index (χ1n) is 8.77. The molecule has 1 fully saturated rings. The van der Waals surface area contributed by atoms with Crippen molar-refractivity contribution in [2.45, 2.75) is 45.2 Å². The number of likely N-dealkylation sites (N-methyl/N-ethyl adjacent to an activating group) is 1. The molecule has 2 N–H and O–H groups in total. The lowest BCUT2D eigenvalue weighted by molar-refractivity contribution is -0.137. The highest BCUT2D eigenvalue weighted by Crippen LogP contribution is 2.23. The Morgan fingerprint density at radius 3 is 2.28 bits per heavy atom. The Balaban J connectivity index is 0.00000288. The van der Waals surface area contributed by atoms with Gasteiger partial charge in [-0.1, -0.05) is 30.3 Å². The lowest BCUT2D eigenvalue weighted by atomic mass is 9.89. The predicted octanol–water partition coefficient (Wildman–Crippen LogP) is 2.98. The van der Waals surface area contributed by atoms with E-state index in [2.05, 4.69) is 35.2 Å². The van der Waals surface area contributed by atoms with Crippen LogP contribution in [0, 0.1) is 5.92 Å². The number of rotatable bonds is 6. The zero-order valence-corrected chi connectivity index (χ0v) is 17.2. The van der Waals surface area contributed by atoms with Crippen LogP contribution in [0.2, 0.25) is 0 Å². The minimum Gasteiger partial charge on any atom is -0.340 e. The van der Waals surface area contributed by atoms with Gasteiger partial charge in [-0.3, -0.25) is 9.69 Å². The lowest BCUT2D eigenvalue weighted by Gasteiger charge is -2.37. The number of carbonyl (C=O) groups is 1. The summed E-state index contributed by atoms with van der Waals surface area (Å²) in [5.74, 6) is 0.918. The monoisotopic (exact) mass is 389 g/mol. The maximum atomic E-state index is 12.5. The molecule has 0 bridgehead atoms. The van der Waals surface area contributed by atoms with E-state index in [-0.39, 0.29) is 42.8 Å². The first-order chi connectivity index (χ1) is 11.0. The van der Waals surface area contributed by atoms with E-state index in [1.807, 2.05) is 20.9 Å². The Labute approximate surface area is 164 Å². The van der Waals surface area contributed by atoms with Crippen molar-refractivity contribution >= 4 is 30.7 Å². The Bertz CT molecular complexity index is 493. The third-order valence-corrected chi connectivity index (χ3v) is 5.27. The van der Waals surface area contributed by atoms with E-state index in [9.17, 15) is 4.79 Å². The maximum Gasteiger partial charge on any atom is 0.239 e. The first kappa shape index (κ1) is 24.2. The highest BCUT2D eigenvalue weighted by atomic mass is 35.5. The van der Waals surface area contributed by atoms with Crippen LogP contribution in [0.15, 0.2) is 30.3 Å². The number of hydrogen-bond donors (Lipinski definition) is 1. The molecule has 0 saturated carbocycles. The second-order valence-electron chi connectivity index (χ2n) is 6.88. The van der Waals surface area contributed by atoms with Gasteiger partial charge in [0, 0.05) is 19.6 Å². The van der Waals surface area contributed by atoms with Crippen LogP contribution in [-0.4, -0.2) is 54.5 Å². The Morgan fingerprint density at radius 2 is 1.76 bits per heavy atom. The van der Waals surface area contributed by atoms with Crippen molar-refractivity contribution in [3.8, 4) is 0 Å². The van der Waals surface area contributed by atoms with E-state index < -0.39 is 0 Å². The van der Waals surface area contributed by atoms with Gasteiger partial charge in [0.05, 0.1) is 6.04 Å². The third kappa shape index (κ3) is 6.78. The number of piperidine rings is 1. The molecular weight excluding hydrogens is 357 g/mol. The van der Waals surface area contributed by atoms with Gasteiger partial charge in [0.25, 0.3) is 0 Å². The van der Waals surface area contributed by atoms with E-state index >= 15 is 0 Å². The summed E-state index contributed by atoms with van der Waals surface area (Å²) in [5.41, 5.74) is 7.10. The van der Waals surface area contributed by atoms with E-state index in [0.717, 1.165) is 25.4 Å². The zero-order valence-electron chi connectivity index (χ0n) is 15.6. The normalized spacial score (nSPS) is 17.8. The molecule has 0 aliphatic carbocycles. The number of nitrogens with two attached hydrogens (primary N) is 1. The van der Waals surface area contributed by atoms with Gasteiger partial charge < -0.3 is 10.6 Å². The summed E-state index contributed by atoms with van der Waals surface area (Å²) in [4.78, 5) is 16.7. The molecule has 1 aliphatic heterocycles. The fourth-order valence-corrected chi connectivity index (χ4v) is 3.32. The summed E-state index contributed by atoms with van der Waals surface area (Å²) in [5, 5.41) is 0. The van der Waals surface area contributed by atoms with Gasteiger partial charge in [-0.25, -0.2) is 0 Å². The molecule has 25 heavy (non-hydrogen) atoms. The van der Waals surface area contributed by atoms with Gasteiger partial charge in [-0.2, -0.15) is 0 Å². The summed E-state index contributed by atoms with van der Waals surface area (Å²) in [7, 11) is 1.86. The summed E-state index contributed by atoms with van der Waals surface area (Å²) >= 11 is 0. The van der Waals surface area contributed by atoms with Crippen molar-refractivity contribution in [2.24, 2.45) is 11.7 Å². The number of benzene rings is 1. The number of hydrogen-bond acceptors (Lipinski definition) is 3. The smallest absolute Gasteiger partial charge is 0.239 e. The van der Waals surface area contributed by atoms with Crippen LogP contribution in [0.4, 0.5) is 0 Å². The van der Waals surface area contributed by atoms with Crippen LogP contribution in [0.5, 0.6) is 0 Å². The van der Waals surface area contributed by atoms with Gasteiger partial charge in [-0.15, -0.1) is 24.8 Å². The second-order valence-corrected chi connectivity index (χ2v) is 6.88. The Kier molecular flexibility index (Phi) is 11.4. The summed E-state index contributed by atoms with van der Waals surface area (Å²) in [6.45, 7) is 6.55. The van der Waals surface area contributed by atoms with Crippen molar-refractivity contribution in [3.05, 3.63) is 35.9 Å². The van der Waals surface area contributed by atoms with E-state index in [0.29, 0.717) is 6.54 Å². The van der Waals surface area contributed by atoms with Crippen LogP contribution >= 0.6 is 24.8 Å². The summed E-state index contributed by atoms with van der Waals surface area (Å²) in [6.07, 6.45) is 3.49. The first-order valence-corrected chi connectivity index (χ1v) is 8.77. The lowest BCUT2D eigenvalue weighted by Crippen LogP contribution is -2.51. The SMILES string of the molecule is CC(C(=O)N(C)C(C)CN)N1CCC(Cc2ccccc2)CC1.Cl.Cl. The zero-order chi connectivity index (χ0) is 16.8. The van der Waals surface area contributed by atoms with Crippen molar-refractivity contribution in [2.75, 3.05) is 26.7 Å². The number of nitrogens with zero attached hydrogens (tertiary/aromatic N) is 2. The second kappa shape index (κ2) is 11.7. The molecule has 2 unspecified atom stereocenters. The Morgan fingerprint density at radius 1 is 1.20 bits per heavy atom. The van der Waals surface area contributed by atoms with Crippen LogP contribution in [-0.2, 0) is 11.2 Å². The molecule has 1 saturated heterocycles.